The fraction of sp³-hybridized carbons (Fsp3) is 0.143. The normalized spacial score (nSPS) is 10.8. The average Bonchev–Trinajstić information content (AvgIpc) is 2.57. The fourth-order valence-corrected chi connectivity index (χ4v) is 6.40. The highest BCUT2D eigenvalue weighted by Crippen LogP contribution is 2.59. The lowest BCUT2D eigenvalue weighted by molar-refractivity contribution is -0.00000454. The maximum Gasteiger partial charge on any atom is 0.0943 e. The van der Waals surface area contributed by atoms with Gasteiger partial charge in [-0.1, -0.05) is 78.9 Å². The van der Waals surface area contributed by atoms with Crippen LogP contribution in [-0.2, 0) is 12.3 Å². The monoisotopic (exact) mass is 340 g/mol. The molecule has 3 rings (SSSR count). The summed E-state index contributed by atoms with van der Waals surface area (Å²) in [6.45, 7) is 2.49. The lowest BCUT2D eigenvalue weighted by Gasteiger charge is -2.23. The summed E-state index contributed by atoms with van der Waals surface area (Å²) in [5.74, 6) is 0. The van der Waals surface area contributed by atoms with Crippen LogP contribution in [0.3, 0.4) is 0 Å². The van der Waals surface area contributed by atoms with E-state index in [2.05, 4.69) is 97.7 Å². The summed E-state index contributed by atoms with van der Waals surface area (Å²) in [7, 11) is -1.27. The Morgan fingerprint density at radius 2 is 0.913 bits per heavy atom. The van der Waals surface area contributed by atoms with Crippen molar-refractivity contribution in [2.45, 2.75) is 12.3 Å². The van der Waals surface area contributed by atoms with E-state index in [0.29, 0.717) is 0 Å². The van der Waals surface area contributed by atoms with E-state index in [4.69, 9.17) is 0 Å². The Bertz CT molecular complexity index is 654. The van der Waals surface area contributed by atoms with Crippen molar-refractivity contribution >= 4 is 12.6 Å². The lowest BCUT2D eigenvalue weighted by Crippen LogP contribution is -3.00. The molecule has 0 nitrogen and oxygen atoms in total. The van der Waals surface area contributed by atoms with Crippen LogP contribution in [0.1, 0.15) is 11.1 Å². The molecule has 0 aromatic heterocycles. The summed E-state index contributed by atoms with van der Waals surface area (Å²) in [6, 6.07) is 32.9. The number of hydrogen-bond acceptors (Lipinski definition) is 0. The van der Waals surface area contributed by atoms with Crippen molar-refractivity contribution in [3.8, 4) is 0 Å². The first-order valence-corrected chi connectivity index (χ1v) is 10.3. The largest absolute Gasteiger partial charge is 1.00 e. The summed E-state index contributed by atoms with van der Waals surface area (Å²) in [5.41, 5.74) is 2.89. The second-order valence-corrected chi connectivity index (χ2v) is 9.96. The second kappa shape index (κ2) is 8.29. The van der Waals surface area contributed by atoms with Crippen molar-refractivity contribution < 1.29 is 12.4 Å². The molecule has 2 heteroatoms. The molecule has 0 saturated carbocycles. The van der Waals surface area contributed by atoms with E-state index in [0.717, 1.165) is 12.3 Å². The summed E-state index contributed by atoms with van der Waals surface area (Å²) in [6.07, 6.45) is 2.32. The molecule has 0 aliphatic heterocycles. The lowest BCUT2D eigenvalue weighted by atomic mass is 10.2. The Morgan fingerprint density at radius 3 is 1.30 bits per heavy atom. The van der Waals surface area contributed by atoms with Gasteiger partial charge in [-0.15, -0.1) is 0 Å². The van der Waals surface area contributed by atoms with Gasteiger partial charge >= 0.3 is 0 Å². The molecule has 0 aliphatic rings. The highest BCUT2D eigenvalue weighted by molar-refractivity contribution is 7.80. The Morgan fingerprint density at radius 1 is 0.565 bits per heavy atom. The maximum atomic E-state index is 2.49. The van der Waals surface area contributed by atoms with E-state index in [1.165, 1.54) is 16.4 Å². The first-order chi connectivity index (χ1) is 10.8. The standard InChI is InChI=1S/C21H22P.ClH/c1-22(21-15-9-4-10-16-21,17-19-11-5-2-6-12-19)18-20-13-7-3-8-14-20;/h2-16H,17-18H2,1H3;1H/q+1;/p-1. The van der Waals surface area contributed by atoms with Crippen LogP contribution in [0.5, 0.6) is 0 Å². The molecule has 23 heavy (non-hydrogen) atoms. The van der Waals surface area contributed by atoms with Crippen LogP contribution in [0, 0.1) is 0 Å². The fourth-order valence-electron chi connectivity index (χ4n) is 3.00. The molecule has 0 amide bonds. The van der Waals surface area contributed by atoms with Crippen LogP contribution < -0.4 is 17.7 Å². The Labute approximate surface area is 146 Å². The second-order valence-electron chi connectivity index (χ2n) is 6.02. The van der Waals surface area contributed by atoms with E-state index in [9.17, 15) is 0 Å². The smallest absolute Gasteiger partial charge is 0.0943 e. The molecule has 118 valence electrons. The van der Waals surface area contributed by atoms with E-state index in [1.807, 2.05) is 0 Å². The van der Waals surface area contributed by atoms with Crippen molar-refractivity contribution in [1.82, 2.24) is 0 Å². The third kappa shape index (κ3) is 4.67. The van der Waals surface area contributed by atoms with Crippen molar-refractivity contribution in [2.24, 2.45) is 0 Å². The SMILES string of the molecule is C[P+](Cc1ccccc1)(Cc1ccccc1)c1ccccc1.[Cl-]. The average molecular weight is 341 g/mol. The van der Waals surface area contributed by atoms with Crippen LogP contribution in [0.15, 0.2) is 91.0 Å². The van der Waals surface area contributed by atoms with E-state index < -0.39 is 7.26 Å². The summed E-state index contributed by atoms with van der Waals surface area (Å²) >= 11 is 0. The Hall–Kier alpha value is -1.62. The molecule has 0 N–H and O–H groups in total. The molecule has 0 atom stereocenters. The molecule has 0 heterocycles. The molecule has 3 aromatic carbocycles. The van der Waals surface area contributed by atoms with Crippen molar-refractivity contribution in [2.75, 3.05) is 6.66 Å². The topological polar surface area (TPSA) is 0 Å². The third-order valence-electron chi connectivity index (χ3n) is 4.13. The summed E-state index contributed by atoms with van der Waals surface area (Å²) in [4.78, 5) is 0. The van der Waals surface area contributed by atoms with E-state index >= 15 is 0 Å². The van der Waals surface area contributed by atoms with Gasteiger partial charge < -0.3 is 12.4 Å². The number of rotatable bonds is 5. The van der Waals surface area contributed by atoms with Gasteiger partial charge in [0.1, 0.15) is 0 Å². The summed E-state index contributed by atoms with van der Waals surface area (Å²) < 4.78 is 0. The minimum absolute atomic E-state index is 0. The van der Waals surface area contributed by atoms with Gasteiger partial charge in [-0.05, 0) is 23.3 Å². The van der Waals surface area contributed by atoms with Crippen LogP contribution in [-0.4, -0.2) is 6.66 Å². The van der Waals surface area contributed by atoms with E-state index in [-0.39, 0.29) is 12.4 Å². The number of benzene rings is 3. The first kappa shape index (κ1) is 17.7. The molecule has 3 aromatic rings. The molecule has 0 bridgehead atoms. The molecule has 0 aliphatic carbocycles. The van der Waals surface area contributed by atoms with Crippen molar-refractivity contribution in [3.63, 3.8) is 0 Å². The van der Waals surface area contributed by atoms with Gasteiger partial charge in [0, 0.05) is 0 Å². The number of hydrogen-bond donors (Lipinski definition) is 0. The zero-order valence-corrected chi connectivity index (χ0v) is 15.1. The van der Waals surface area contributed by atoms with Crippen LogP contribution in [0.25, 0.3) is 0 Å². The Balaban J connectivity index is 0.00000192. The van der Waals surface area contributed by atoms with Gasteiger partial charge in [0.2, 0.25) is 0 Å². The van der Waals surface area contributed by atoms with Gasteiger partial charge in [-0.25, -0.2) is 0 Å². The minimum atomic E-state index is -1.27. The van der Waals surface area contributed by atoms with Crippen molar-refractivity contribution in [1.29, 1.82) is 0 Å². The quantitative estimate of drug-likeness (QED) is 0.626. The van der Waals surface area contributed by atoms with Crippen LogP contribution >= 0.6 is 7.26 Å². The predicted molar refractivity (Wildman–Crippen MR) is 99.2 cm³/mol. The predicted octanol–water partition coefficient (Wildman–Crippen LogP) is 2.36. The molecule has 0 radical (unpaired) electrons. The van der Waals surface area contributed by atoms with Gasteiger partial charge in [-0.2, -0.15) is 0 Å². The van der Waals surface area contributed by atoms with Crippen molar-refractivity contribution in [3.05, 3.63) is 102 Å². The summed E-state index contributed by atoms with van der Waals surface area (Å²) in [5, 5.41) is 1.52. The zero-order valence-electron chi connectivity index (χ0n) is 13.4. The van der Waals surface area contributed by atoms with E-state index in [1.54, 1.807) is 0 Å². The molecule has 0 unspecified atom stereocenters. The van der Waals surface area contributed by atoms with Crippen LogP contribution in [0.4, 0.5) is 0 Å². The molecule has 0 saturated heterocycles. The molecule has 0 fully saturated rings. The molecular weight excluding hydrogens is 319 g/mol. The highest BCUT2D eigenvalue weighted by Gasteiger charge is 2.34. The van der Waals surface area contributed by atoms with Gasteiger partial charge in [0.25, 0.3) is 0 Å². The van der Waals surface area contributed by atoms with Crippen LogP contribution in [0.2, 0.25) is 0 Å². The molecular formula is C21H22ClP. The van der Waals surface area contributed by atoms with Gasteiger partial charge in [0.05, 0.1) is 31.6 Å². The highest BCUT2D eigenvalue weighted by atomic mass is 35.5. The van der Waals surface area contributed by atoms with Gasteiger partial charge in [0.15, 0.2) is 0 Å². The minimum Gasteiger partial charge on any atom is -1.00 e. The molecule has 0 spiro atoms. The third-order valence-corrected chi connectivity index (χ3v) is 7.80. The first-order valence-electron chi connectivity index (χ1n) is 7.74. The Kier molecular flexibility index (Phi) is 6.39. The zero-order chi connectivity index (χ0) is 15.3. The maximum absolute atomic E-state index is 2.49. The van der Waals surface area contributed by atoms with Gasteiger partial charge in [-0.3, -0.25) is 0 Å². The number of halogens is 1.